The Morgan fingerprint density at radius 2 is 2.31 bits per heavy atom. The van der Waals surface area contributed by atoms with Crippen molar-refractivity contribution >= 4 is 39.3 Å². The van der Waals surface area contributed by atoms with Gasteiger partial charge in [0.05, 0.1) is 18.0 Å². The predicted molar refractivity (Wildman–Crippen MR) is 65.9 cm³/mol. The Morgan fingerprint density at radius 1 is 1.62 bits per heavy atom. The molecule has 0 aliphatic heterocycles. The molecule has 0 aliphatic rings. The van der Waals surface area contributed by atoms with Crippen LogP contribution in [-0.4, -0.2) is 18.8 Å². The van der Waals surface area contributed by atoms with Gasteiger partial charge < -0.3 is 10.5 Å². The highest BCUT2D eigenvalue weighted by Gasteiger charge is 2.07. The predicted octanol–water partition coefficient (Wildman–Crippen LogP) is 2.83. The molecule has 3 nitrogen and oxygen atoms in total. The first-order valence-electron chi connectivity index (χ1n) is 4.48. The number of esters is 1. The van der Waals surface area contributed by atoms with E-state index >= 15 is 0 Å². The molecule has 0 amide bonds. The molecule has 1 aromatic rings. The van der Waals surface area contributed by atoms with Gasteiger partial charge in [0.25, 0.3) is 0 Å². The summed E-state index contributed by atoms with van der Waals surface area (Å²) in [6.07, 6.45) is 0.301. The Hall–Kier alpha value is -0.750. The number of hydrogen-bond donors (Lipinski definition) is 1. The summed E-state index contributed by atoms with van der Waals surface area (Å²) >= 11 is 4.47. The number of rotatable bonds is 4. The van der Waals surface area contributed by atoms with Crippen LogP contribution in [0.3, 0.4) is 0 Å². The summed E-state index contributed by atoms with van der Waals surface area (Å²) in [6, 6.07) is 2.86. The number of carbonyl (C=O) groups excluding carboxylic acids is 1. The van der Waals surface area contributed by atoms with Gasteiger partial charge in [-0.1, -0.05) is 0 Å². The van der Waals surface area contributed by atoms with Crippen LogP contribution in [0.15, 0.2) is 21.5 Å². The molecular formula is C10H11BrFNO2S. The quantitative estimate of drug-likeness (QED) is 0.528. The van der Waals surface area contributed by atoms with E-state index in [1.165, 1.54) is 24.9 Å². The van der Waals surface area contributed by atoms with E-state index in [1.54, 1.807) is 6.07 Å². The van der Waals surface area contributed by atoms with Gasteiger partial charge in [0.1, 0.15) is 5.82 Å². The summed E-state index contributed by atoms with van der Waals surface area (Å²) in [6.45, 7) is 0. The van der Waals surface area contributed by atoms with Gasteiger partial charge in [-0.3, -0.25) is 4.79 Å². The number of ether oxygens (including phenoxy) is 1. The molecule has 88 valence electrons. The number of thioether (sulfide) groups is 1. The van der Waals surface area contributed by atoms with Crippen LogP contribution >= 0.6 is 27.7 Å². The molecular weight excluding hydrogens is 297 g/mol. The smallest absolute Gasteiger partial charge is 0.306 e. The minimum atomic E-state index is -0.394. The fourth-order valence-electron chi connectivity index (χ4n) is 1.02. The monoisotopic (exact) mass is 307 g/mol. The van der Waals surface area contributed by atoms with E-state index in [9.17, 15) is 9.18 Å². The largest absolute Gasteiger partial charge is 0.469 e. The van der Waals surface area contributed by atoms with E-state index in [-0.39, 0.29) is 5.97 Å². The fraction of sp³-hybridized carbons (Fsp3) is 0.300. The van der Waals surface area contributed by atoms with Crippen molar-refractivity contribution in [2.45, 2.75) is 11.3 Å². The minimum absolute atomic E-state index is 0.271. The summed E-state index contributed by atoms with van der Waals surface area (Å²) in [5.74, 6) is -0.114. The van der Waals surface area contributed by atoms with Crippen LogP contribution in [0.5, 0.6) is 0 Å². The van der Waals surface area contributed by atoms with Gasteiger partial charge in [0, 0.05) is 16.3 Å². The lowest BCUT2D eigenvalue weighted by atomic mass is 10.3. The number of benzene rings is 1. The number of nitrogen functional groups attached to an aromatic ring is 1. The van der Waals surface area contributed by atoms with E-state index in [2.05, 4.69) is 20.7 Å². The van der Waals surface area contributed by atoms with Gasteiger partial charge in [-0.15, -0.1) is 11.8 Å². The number of hydrogen-bond acceptors (Lipinski definition) is 4. The van der Waals surface area contributed by atoms with Gasteiger partial charge in [0.2, 0.25) is 0 Å². The molecule has 0 aliphatic carbocycles. The van der Waals surface area contributed by atoms with Crippen LogP contribution in [-0.2, 0) is 9.53 Å². The molecule has 1 rings (SSSR count). The van der Waals surface area contributed by atoms with Gasteiger partial charge in [-0.2, -0.15) is 0 Å². The molecule has 0 fully saturated rings. The first kappa shape index (κ1) is 13.3. The van der Waals surface area contributed by atoms with Crippen molar-refractivity contribution in [2.75, 3.05) is 18.6 Å². The Balaban J connectivity index is 2.60. The van der Waals surface area contributed by atoms with Crippen molar-refractivity contribution in [2.24, 2.45) is 0 Å². The summed E-state index contributed by atoms with van der Waals surface area (Å²) in [5.41, 5.74) is 6.01. The second kappa shape index (κ2) is 6.10. The molecule has 0 saturated heterocycles. The number of halogens is 2. The molecule has 0 unspecified atom stereocenters. The number of nitrogens with two attached hydrogens (primary N) is 1. The van der Waals surface area contributed by atoms with Gasteiger partial charge >= 0.3 is 5.97 Å². The van der Waals surface area contributed by atoms with Crippen LogP contribution in [0.25, 0.3) is 0 Å². The van der Waals surface area contributed by atoms with E-state index < -0.39 is 5.82 Å². The molecule has 0 radical (unpaired) electrons. The van der Waals surface area contributed by atoms with Crippen molar-refractivity contribution in [1.29, 1.82) is 0 Å². The number of carbonyl (C=O) groups is 1. The topological polar surface area (TPSA) is 52.3 Å². The van der Waals surface area contributed by atoms with Gasteiger partial charge in [-0.05, 0) is 28.1 Å². The normalized spacial score (nSPS) is 10.2. The fourth-order valence-corrected chi connectivity index (χ4v) is 2.43. The van der Waals surface area contributed by atoms with Crippen molar-refractivity contribution in [1.82, 2.24) is 0 Å². The van der Waals surface area contributed by atoms with Gasteiger partial charge in [0.15, 0.2) is 0 Å². The first-order chi connectivity index (χ1) is 7.54. The Bertz CT molecular complexity index is 401. The lowest BCUT2D eigenvalue weighted by Gasteiger charge is -2.06. The standard InChI is InChI=1S/C10H11BrFNO2S/c1-15-10(14)2-3-16-9-4-6(11)7(12)5-8(9)13/h4-5H,2-3,13H2,1H3. The second-order valence-electron chi connectivity index (χ2n) is 2.98. The van der Waals surface area contributed by atoms with Crippen LogP contribution in [0, 0.1) is 5.82 Å². The maximum absolute atomic E-state index is 13.1. The zero-order chi connectivity index (χ0) is 12.1. The molecule has 0 heterocycles. The average molecular weight is 308 g/mol. The lowest BCUT2D eigenvalue weighted by molar-refractivity contribution is -0.140. The van der Waals surface area contributed by atoms with Crippen LogP contribution in [0.1, 0.15) is 6.42 Å². The lowest BCUT2D eigenvalue weighted by Crippen LogP contribution is -2.01. The highest BCUT2D eigenvalue weighted by molar-refractivity contribution is 9.10. The van der Waals surface area contributed by atoms with Crippen LogP contribution < -0.4 is 5.73 Å². The van der Waals surface area contributed by atoms with Crippen molar-refractivity contribution in [3.63, 3.8) is 0 Å². The second-order valence-corrected chi connectivity index (χ2v) is 4.97. The van der Waals surface area contributed by atoms with E-state index in [0.717, 1.165) is 4.90 Å². The molecule has 1 aromatic carbocycles. The van der Waals surface area contributed by atoms with Crippen molar-refractivity contribution in [3.05, 3.63) is 22.4 Å². The highest BCUT2D eigenvalue weighted by atomic mass is 79.9. The zero-order valence-corrected chi connectivity index (χ0v) is 11.0. The third kappa shape index (κ3) is 3.68. The maximum Gasteiger partial charge on any atom is 0.306 e. The molecule has 6 heteroatoms. The number of methoxy groups -OCH3 is 1. The van der Waals surface area contributed by atoms with Crippen LogP contribution in [0.4, 0.5) is 10.1 Å². The molecule has 0 spiro atoms. The molecule has 0 saturated carbocycles. The Kier molecular flexibility index (Phi) is 5.08. The van der Waals surface area contributed by atoms with E-state index in [4.69, 9.17) is 5.73 Å². The SMILES string of the molecule is COC(=O)CCSc1cc(Br)c(F)cc1N. The third-order valence-electron chi connectivity index (χ3n) is 1.84. The number of anilines is 1. The summed E-state index contributed by atoms with van der Waals surface area (Å²) in [5, 5.41) is 0. The first-order valence-corrected chi connectivity index (χ1v) is 6.26. The van der Waals surface area contributed by atoms with E-state index in [1.807, 2.05) is 0 Å². The third-order valence-corrected chi connectivity index (χ3v) is 3.52. The molecule has 0 atom stereocenters. The van der Waals surface area contributed by atoms with Crippen molar-refractivity contribution in [3.8, 4) is 0 Å². The Morgan fingerprint density at radius 3 is 2.94 bits per heavy atom. The minimum Gasteiger partial charge on any atom is -0.469 e. The maximum atomic E-state index is 13.1. The summed E-state index contributed by atoms with van der Waals surface area (Å²) < 4.78 is 17.9. The summed E-state index contributed by atoms with van der Waals surface area (Å²) in [4.78, 5) is 11.6. The molecule has 2 N–H and O–H groups in total. The molecule has 0 aromatic heterocycles. The Labute approximate surface area is 106 Å². The van der Waals surface area contributed by atoms with Crippen LogP contribution in [0.2, 0.25) is 0 Å². The highest BCUT2D eigenvalue weighted by Crippen LogP contribution is 2.30. The molecule has 16 heavy (non-hydrogen) atoms. The zero-order valence-electron chi connectivity index (χ0n) is 8.63. The molecule has 0 bridgehead atoms. The van der Waals surface area contributed by atoms with Gasteiger partial charge in [-0.25, -0.2) is 4.39 Å². The average Bonchev–Trinajstić information content (AvgIpc) is 2.25. The summed E-state index contributed by atoms with van der Waals surface area (Å²) in [7, 11) is 1.34. The van der Waals surface area contributed by atoms with E-state index in [0.29, 0.717) is 22.3 Å². The van der Waals surface area contributed by atoms with Crippen molar-refractivity contribution < 1.29 is 13.9 Å².